The number of benzene rings is 1. The van der Waals surface area contributed by atoms with Crippen molar-refractivity contribution in [3.63, 3.8) is 0 Å². The van der Waals surface area contributed by atoms with Crippen molar-refractivity contribution in [3.8, 4) is 11.4 Å². The van der Waals surface area contributed by atoms with Gasteiger partial charge in [0.2, 0.25) is 17.6 Å². The van der Waals surface area contributed by atoms with E-state index in [1.165, 1.54) is 27.6 Å². The first-order valence-electron chi connectivity index (χ1n) is 9.20. The lowest BCUT2D eigenvalue weighted by molar-refractivity contribution is -0.136. The highest BCUT2D eigenvalue weighted by atomic mass is 35.5. The van der Waals surface area contributed by atoms with Gasteiger partial charge in [-0.15, -0.1) is 0 Å². The van der Waals surface area contributed by atoms with Gasteiger partial charge in [0.25, 0.3) is 10.2 Å². The fraction of sp³-hybridized carbons (Fsp3) is 0.500. The summed E-state index contributed by atoms with van der Waals surface area (Å²) in [6, 6.07) is 7.18. The molecule has 3 rings (SSSR count). The number of aromatic nitrogens is 2. The molecule has 1 aromatic heterocycles. The van der Waals surface area contributed by atoms with Gasteiger partial charge in [-0.2, -0.15) is 22.0 Å². The van der Waals surface area contributed by atoms with E-state index < -0.39 is 10.2 Å². The second-order valence-corrected chi connectivity index (χ2v) is 9.70. The SMILES string of the molecule is CN(Cc1nc(-c2ccccc2Cl)no1)C(=O)C1CCN(S(=O)(=O)N(C)C)CC1. The van der Waals surface area contributed by atoms with E-state index in [1.54, 1.807) is 19.2 Å². The van der Waals surface area contributed by atoms with Crippen molar-refractivity contribution in [3.05, 3.63) is 35.2 Å². The van der Waals surface area contributed by atoms with E-state index in [0.29, 0.717) is 48.2 Å². The summed E-state index contributed by atoms with van der Waals surface area (Å²) in [6.07, 6.45) is 0.954. The molecular formula is C18H24ClN5O4S. The number of piperidine rings is 1. The molecule has 9 nitrogen and oxygen atoms in total. The van der Waals surface area contributed by atoms with Crippen molar-refractivity contribution in [2.75, 3.05) is 34.2 Å². The van der Waals surface area contributed by atoms with Gasteiger partial charge >= 0.3 is 0 Å². The Morgan fingerprint density at radius 2 is 1.90 bits per heavy atom. The number of hydrogen-bond acceptors (Lipinski definition) is 6. The Bertz CT molecular complexity index is 970. The maximum absolute atomic E-state index is 12.8. The van der Waals surface area contributed by atoms with Crippen LogP contribution < -0.4 is 0 Å². The second kappa shape index (κ2) is 8.78. The quantitative estimate of drug-likeness (QED) is 0.678. The molecule has 0 radical (unpaired) electrons. The maximum atomic E-state index is 12.8. The Morgan fingerprint density at radius 1 is 1.24 bits per heavy atom. The van der Waals surface area contributed by atoms with E-state index in [0.717, 1.165) is 0 Å². The van der Waals surface area contributed by atoms with Gasteiger partial charge in [-0.25, -0.2) is 0 Å². The molecule has 29 heavy (non-hydrogen) atoms. The molecule has 1 aromatic carbocycles. The minimum atomic E-state index is -3.45. The van der Waals surface area contributed by atoms with Crippen LogP contribution >= 0.6 is 11.6 Å². The summed E-state index contributed by atoms with van der Waals surface area (Å²) in [6.45, 7) is 0.816. The topological polar surface area (TPSA) is 99.9 Å². The highest BCUT2D eigenvalue weighted by Crippen LogP contribution is 2.26. The zero-order valence-electron chi connectivity index (χ0n) is 16.6. The van der Waals surface area contributed by atoms with Crippen molar-refractivity contribution >= 4 is 27.7 Å². The summed E-state index contributed by atoms with van der Waals surface area (Å²) in [5.41, 5.74) is 0.660. The third-order valence-electron chi connectivity index (χ3n) is 4.92. The highest BCUT2D eigenvalue weighted by molar-refractivity contribution is 7.86. The largest absolute Gasteiger partial charge is 0.337 e. The molecule has 0 aliphatic carbocycles. The van der Waals surface area contributed by atoms with Gasteiger partial charge in [0.1, 0.15) is 0 Å². The van der Waals surface area contributed by atoms with Crippen LogP contribution in [0.2, 0.25) is 5.02 Å². The Hall–Kier alpha value is -2.01. The summed E-state index contributed by atoms with van der Waals surface area (Å²) in [4.78, 5) is 18.6. The first kappa shape index (κ1) is 21.7. The third kappa shape index (κ3) is 4.77. The van der Waals surface area contributed by atoms with Gasteiger partial charge in [-0.05, 0) is 25.0 Å². The Morgan fingerprint density at radius 3 is 2.52 bits per heavy atom. The molecule has 2 heterocycles. The molecule has 1 aliphatic rings. The third-order valence-corrected chi connectivity index (χ3v) is 7.19. The Kier molecular flexibility index (Phi) is 6.57. The van der Waals surface area contributed by atoms with E-state index in [2.05, 4.69) is 10.1 Å². The van der Waals surface area contributed by atoms with Gasteiger partial charge in [0.15, 0.2) is 0 Å². The first-order chi connectivity index (χ1) is 13.7. The zero-order valence-corrected chi connectivity index (χ0v) is 18.1. The van der Waals surface area contributed by atoms with Crippen LogP contribution in [-0.4, -0.2) is 72.2 Å². The van der Waals surface area contributed by atoms with Crippen LogP contribution in [0.3, 0.4) is 0 Å². The maximum Gasteiger partial charge on any atom is 0.281 e. The molecule has 2 aromatic rings. The number of carbonyl (C=O) groups is 1. The summed E-state index contributed by atoms with van der Waals surface area (Å²) in [7, 11) is 1.23. The number of halogens is 1. The van der Waals surface area contributed by atoms with Gasteiger partial charge in [-0.1, -0.05) is 28.9 Å². The number of carbonyl (C=O) groups excluding carboxylic acids is 1. The van der Waals surface area contributed by atoms with Gasteiger partial charge in [0, 0.05) is 45.7 Å². The van der Waals surface area contributed by atoms with Crippen LogP contribution in [0.4, 0.5) is 0 Å². The van der Waals surface area contributed by atoms with E-state index >= 15 is 0 Å². The second-order valence-electron chi connectivity index (χ2n) is 7.15. The van der Waals surface area contributed by atoms with Crippen LogP contribution in [0.25, 0.3) is 11.4 Å². The predicted octanol–water partition coefficient (Wildman–Crippen LogP) is 1.87. The van der Waals surface area contributed by atoms with Crippen molar-refractivity contribution < 1.29 is 17.7 Å². The molecule has 0 spiro atoms. The molecule has 158 valence electrons. The zero-order chi connectivity index (χ0) is 21.2. The van der Waals surface area contributed by atoms with E-state index in [-0.39, 0.29) is 18.4 Å². The molecular weight excluding hydrogens is 418 g/mol. The van der Waals surface area contributed by atoms with Crippen LogP contribution in [0.15, 0.2) is 28.8 Å². The molecule has 0 bridgehead atoms. The normalized spacial score (nSPS) is 16.3. The number of rotatable bonds is 6. The van der Waals surface area contributed by atoms with Crippen LogP contribution in [-0.2, 0) is 21.5 Å². The van der Waals surface area contributed by atoms with Crippen molar-refractivity contribution in [1.29, 1.82) is 0 Å². The Labute approximate surface area is 175 Å². The van der Waals surface area contributed by atoms with E-state index in [9.17, 15) is 13.2 Å². The molecule has 1 aliphatic heterocycles. The molecule has 0 N–H and O–H groups in total. The number of amides is 1. The molecule has 0 saturated carbocycles. The smallest absolute Gasteiger partial charge is 0.281 e. The number of hydrogen-bond donors (Lipinski definition) is 0. The molecule has 1 fully saturated rings. The van der Waals surface area contributed by atoms with Crippen LogP contribution in [0.1, 0.15) is 18.7 Å². The molecule has 11 heteroatoms. The predicted molar refractivity (Wildman–Crippen MR) is 108 cm³/mol. The van der Waals surface area contributed by atoms with Gasteiger partial charge in [0.05, 0.1) is 11.6 Å². The van der Waals surface area contributed by atoms with Crippen molar-refractivity contribution in [2.45, 2.75) is 19.4 Å². The van der Waals surface area contributed by atoms with E-state index in [4.69, 9.17) is 16.1 Å². The lowest BCUT2D eigenvalue weighted by Crippen LogP contribution is -2.47. The number of nitrogens with zero attached hydrogens (tertiary/aromatic N) is 5. The standard InChI is InChI=1S/C18H24ClN5O4S/c1-22(2)29(26,27)24-10-8-13(9-11-24)18(25)23(3)12-16-20-17(21-28-16)14-6-4-5-7-15(14)19/h4-7,13H,8-12H2,1-3H3. The lowest BCUT2D eigenvalue weighted by atomic mass is 9.97. The van der Waals surface area contributed by atoms with Crippen molar-refractivity contribution in [1.82, 2.24) is 23.7 Å². The first-order valence-corrected chi connectivity index (χ1v) is 11.0. The van der Waals surface area contributed by atoms with Crippen LogP contribution in [0.5, 0.6) is 0 Å². The van der Waals surface area contributed by atoms with Crippen LogP contribution in [0, 0.1) is 5.92 Å². The Balaban J connectivity index is 1.59. The molecule has 0 unspecified atom stereocenters. The summed E-state index contributed by atoms with van der Waals surface area (Å²) in [5, 5.41) is 4.46. The fourth-order valence-corrected chi connectivity index (χ4v) is 4.58. The van der Waals surface area contributed by atoms with E-state index in [1.807, 2.05) is 12.1 Å². The van der Waals surface area contributed by atoms with Gasteiger partial charge in [-0.3, -0.25) is 4.79 Å². The molecule has 1 amide bonds. The molecule has 0 atom stereocenters. The molecule has 1 saturated heterocycles. The van der Waals surface area contributed by atoms with Gasteiger partial charge < -0.3 is 9.42 Å². The summed E-state index contributed by atoms with van der Waals surface area (Å²) < 4.78 is 32.3. The summed E-state index contributed by atoms with van der Waals surface area (Å²) in [5.74, 6) is 0.376. The fourth-order valence-electron chi connectivity index (χ4n) is 3.23. The average molecular weight is 442 g/mol. The average Bonchev–Trinajstić information content (AvgIpc) is 3.15. The minimum absolute atomic E-state index is 0.0654. The monoisotopic (exact) mass is 441 g/mol. The van der Waals surface area contributed by atoms with Crippen molar-refractivity contribution in [2.24, 2.45) is 5.92 Å². The lowest BCUT2D eigenvalue weighted by Gasteiger charge is -2.33. The summed E-state index contributed by atoms with van der Waals surface area (Å²) >= 11 is 6.15. The minimum Gasteiger partial charge on any atom is -0.337 e. The highest BCUT2D eigenvalue weighted by Gasteiger charge is 2.33.